The van der Waals surface area contributed by atoms with Gasteiger partial charge in [-0.1, -0.05) is 54.1 Å². The Kier molecular flexibility index (Phi) is 5.33. The zero-order valence-electron chi connectivity index (χ0n) is 17.4. The highest BCUT2D eigenvalue weighted by atomic mass is 35.5. The smallest absolute Gasteiger partial charge is 0.417 e. The van der Waals surface area contributed by atoms with Gasteiger partial charge in [0, 0.05) is 12.1 Å². The molecule has 2 aromatic carbocycles. The summed E-state index contributed by atoms with van der Waals surface area (Å²) in [5.41, 5.74) is 3.06. The maximum absolute atomic E-state index is 13.3. The molecule has 156 valence electrons. The lowest BCUT2D eigenvalue weighted by atomic mass is 9.87. The Hall–Kier alpha value is -2.79. The maximum Gasteiger partial charge on any atom is 0.417 e. The van der Waals surface area contributed by atoms with E-state index in [1.807, 2.05) is 48.5 Å². The van der Waals surface area contributed by atoms with Crippen LogP contribution in [0.3, 0.4) is 0 Å². The summed E-state index contributed by atoms with van der Waals surface area (Å²) in [6.07, 6.45) is 2.07. The Labute approximate surface area is 181 Å². The highest BCUT2D eigenvalue weighted by molar-refractivity contribution is 6.33. The van der Waals surface area contributed by atoms with Crippen molar-refractivity contribution in [3.63, 3.8) is 0 Å². The number of halogens is 1. The van der Waals surface area contributed by atoms with Gasteiger partial charge in [-0.25, -0.2) is 9.69 Å². The molecule has 0 spiro atoms. The normalized spacial score (nSPS) is 18.9. The quantitative estimate of drug-likeness (QED) is 0.669. The van der Waals surface area contributed by atoms with Crippen molar-refractivity contribution in [3.8, 4) is 0 Å². The van der Waals surface area contributed by atoms with Crippen LogP contribution in [0, 0.1) is 0 Å². The summed E-state index contributed by atoms with van der Waals surface area (Å²) < 4.78 is 5.43. The lowest BCUT2D eigenvalue weighted by Gasteiger charge is -2.40. The molecule has 5 nitrogen and oxygen atoms in total. The summed E-state index contributed by atoms with van der Waals surface area (Å²) in [7, 11) is 0. The first kappa shape index (κ1) is 20.5. The molecule has 0 aliphatic carbocycles. The van der Waals surface area contributed by atoms with E-state index >= 15 is 0 Å². The molecule has 0 radical (unpaired) electrons. The van der Waals surface area contributed by atoms with E-state index in [0.29, 0.717) is 10.6 Å². The van der Waals surface area contributed by atoms with E-state index in [-0.39, 0.29) is 18.5 Å². The van der Waals surface area contributed by atoms with Gasteiger partial charge >= 0.3 is 6.09 Å². The second-order valence-corrected chi connectivity index (χ2v) is 8.96. The first-order valence-corrected chi connectivity index (χ1v) is 10.5. The third-order valence-corrected chi connectivity index (χ3v) is 5.66. The van der Waals surface area contributed by atoms with Crippen LogP contribution in [0.1, 0.15) is 37.9 Å². The van der Waals surface area contributed by atoms with Crippen molar-refractivity contribution in [1.82, 2.24) is 4.90 Å². The molecule has 6 heteroatoms. The maximum atomic E-state index is 13.3. The lowest BCUT2D eigenvalue weighted by molar-refractivity contribution is -0.125. The number of rotatable bonds is 2. The number of hydrogen-bond donors (Lipinski definition) is 0. The van der Waals surface area contributed by atoms with E-state index in [1.54, 1.807) is 20.8 Å². The third kappa shape index (κ3) is 3.82. The molecule has 2 aliphatic rings. The fourth-order valence-electron chi connectivity index (χ4n) is 4.06. The van der Waals surface area contributed by atoms with Crippen LogP contribution in [0.4, 0.5) is 10.5 Å². The fourth-order valence-corrected chi connectivity index (χ4v) is 4.31. The van der Waals surface area contributed by atoms with E-state index in [2.05, 4.69) is 11.0 Å². The predicted molar refractivity (Wildman–Crippen MR) is 118 cm³/mol. The van der Waals surface area contributed by atoms with Gasteiger partial charge in [0.1, 0.15) is 5.60 Å². The number of amides is 2. The number of benzene rings is 2. The minimum atomic E-state index is -0.666. The number of carbonyl (C=O) groups excluding carboxylic acids is 2. The molecule has 0 unspecified atom stereocenters. The summed E-state index contributed by atoms with van der Waals surface area (Å²) in [6.45, 7) is 6.30. The summed E-state index contributed by atoms with van der Waals surface area (Å²) in [4.78, 5) is 29.2. The van der Waals surface area contributed by atoms with E-state index in [1.165, 1.54) is 10.5 Å². The van der Waals surface area contributed by atoms with Gasteiger partial charge in [-0.15, -0.1) is 0 Å². The number of nitrogens with zero attached hydrogens (tertiary/aromatic N) is 2. The van der Waals surface area contributed by atoms with Crippen LogP contribution in [-0.2, 0) is 16.0 Å². The molecule has 1 atom stereocenters. The van der Waals surface area contributed by atoms with E-state index in [9.17, 15) is 9.59 Å². The Morgan fingerprint density at radius 2 is 1.80 bits per heavy atom. The average molecular weight is 425 g/mol. The van der Waals surface area contributed by atoms with Crippen LogP contribution in [0.5, 0.6) is 0 Å². The summed E-state index contributed by atoms with van der Waals surface area (Å²) in [6, 6.07) is 15.5. The van der Waals surface area contributed by atoms with Crippen molar-refractivity contribution in [2.75, 3.05) is 18.0 Å². The monoisotopic (exact) mass is 424 g/mol. The van der Waals surface area contributed by atoms with Crippen LogP contribution in [0.15, 0.2) is 60.2 Å². The molecule has 2 aliphatic heterocycles. The van der Waals surface area contributed by atoms with Crippen molar-refractivity contribution in [2.45, 2.75) is 38.8 Å². The fraction of sp³-hybridized carbons (Fsp3) is 0.333. The third-order valence-electron chi connectivity index (χ3n) is 5.34. The SMILES string of the molecule is CC(C)(C)OC(=O)N1CC=C([C@@H]2c3ccccc3CCN2c2ccccc2Cl)C1=O. The van der Waals surface area contributed by atoms with E-state index in [0.717, 1.165) is 24.2 Å². The Morgan fingerprint density at radius 3 is 2.53 bits per heavy atom. The first-order chi connectivity index (χ1) is 14.3. The zero-order chi connectivity index (χ0) is 21.5. The molecule has 0 saturated heterocycles. The van der Waals surface area contributed by atoms with Crippen molar-refractivity contribution in [1.29, 1.82) is 0 Å². The van der Waals surface area contributed by atoms with Crippen LogP contribution in [0.25, 0.3) is 0 Å². The van der Waals surface area contributed by atoms with Crippen LogP contribution < -0.4 is 4.90 Å². The Balaban J connectivity index is 1.71. The van der Waals surface area contributed by atoms with Crippen LogP contribution >= 0.6 is 11.6 Å². The molecule has 30 heavy (non-hydrogen) atoms. The van der Waals surface area contributed by atoms with Gasteiger partial charge in [0.25, 0.3) is 5.91 Å². The molecule has 0 N–H and O–H groups in total. The minimum Gasteiger partial charge on any atom is -0.443 e. The van der Waals surface area contributed by atoms with E-state index < -0.39 is 11.7 Å². The Bertz CT molecular complexity index is 1030. The van der Waals surface area contributed by atoms with Gasteiger partial charge in [0.2, 0.25) is 0 Å². The minimum absolute atomic E-state index is 0.206. The van der Waals surface area contributed by atoms with Crippen molar-refractivity contribution in [3.05, 3.63) is 76.3 Å². The van der Waals surface area contributed by atoms with Crippen LogP contribution in [0.2, 0.25) is 5.02 Å². The molecule has 4 rings (SSSR count). The molecule has 0 fully saturated rings. The second-order valence-electron chi connectivity index (χ2n) is 8.55. The van der Waals surface area contributed by atoms with Crippen molar-refractivity contribution >= 4 is 29.3 Å². The molecule has 2 amide bonds. The predicted octanol–water partition coefficient (Wildman–Crippen LogP) is 5.15. The van der Waals surface area contributed by atoms with Crippen molar-refractivity contribution in [2.24, 2.45) is 0 Å². The highest BCUT2D eigenvalue weighted by Crippen LogP contribution is 2.42. The topological polar surface area (TPSA) is 49.9 Å². The summed E-state index contributed by atoms with van der Waals surface area (Å²) >= 11 is 6.51. The molecule has 2 heterocycles. The molecular formula is C24H25ClN2O3. The molecule has 0 bridgehead atoms. The lowest BCUT2D eigenvalue weighted by Crippen LogP contribution is -2.42. The van der Waals surface area contributed by atoms with Gasteiger partial charge < -0.3 is 9.64 Å². The van der Waals surface area contributed by atoms with E-state index in [4.69, 9.17) is 16.3 Å². The molecule has 0 saturated carbocycles. The Morgan fingerprint density at radius 1 is 1.10 bits per heavy atom. The summed E-state index contributed by atoms with van der Waals surface area (Å²) in [5.74, 6) is -0.317. The van der Waals surface area contributed by atoms with Gasteiger partial charge in [-0.2, -0.15) is 0 Å². The first-order valence-electron chi connectivity index (χ1n) is 10.1. The average Bonchev–Trinajstić information content (AvgIpc) is 3.07. The number of imide groups is 1. The molecule has 0 aromatic heterocycles. The van der Waals surface area contributed by atoms with Gasteiger partial charge in [-0.05, 0) is 50.5 Å². The van der Waals surface area contributed by atoms with Gasteiger partial charge in [0.15, 0.2) is 0 Å². The largest absolute Gasteiger partial charge is 0.443 e. The highest BCUT2D eigenvalue weighted by Gasteiger charge is 2.40. The van der Waals surface area contributed by atoms with Gasteiger partial charge in [0.05, 0.1) is 23.3 Å². The molecular weight excluding hydrogens is 400 g/mol. The van der Waals surface area contributed by atoms with Crippen LogP contribution in [-0.4, -0.2) is 35.6 Å². The van der Waals surface area contributed by atoms with Crippen molar-refractivity contribution < 1.29 is 14.3 Å². The standard InChI is InChI=1S/C24H25ClN2O3/c1-24(2,3)30-23(29)27-15-13-18(22(27)28)21-17-9-5-4-8-16(17)12-14-26(21)20-11-7-6-10-19(20)25/h4-11,13,21H,12,14-15H2,1-3H3/t21-/m0/s1. The number of hydrogen-bond acceptors (Lipinski definition) is 4. The molecule has 2 aromatic rings. The number of carbonyl (C=O) groups is 2. The number of ether oxygens (including phenoxy) is 1. The number of anilines is 1. The number of para-hydroxylation sites is 1. The summed E-state index contributed by atoms with van der Waals surface area (Å²) in [5, 5.41) is 0.636. The number of fused-ring (bicyclic) bond motifs is 1. The van der Waals surface area contributed by atoms with Gasteiger partial charge in [-0.3, -0.25) is 4.79 Å². The zero-order valence-corrected chi connectivity index (χ0v) is 18.1. The second kappa shape index (κ2) is 7.80.